The molecule has 0 amide bonds. The van der Waals surface area contributed by atoms with Crippen molar-refractivity contribution in [2.24, 2.45) is 0 Å². The molecule has 0 aliphatic heterocycles. The Bertz CT molecular complexity index is 835. The lowest BCUT2D eigenvalue weighted by atomic mass is 9.92. The Kier molecular flexibility index (Phi) is 9.90. The van der Waals surface area contributed by atoms with Crippen LogP contribution in [0.15, 0.2) is 48.5 Å². The van der Waals surface area contributed by atoms with Gasteiger partial charge in [-0.2, -0.15) is 11.8 Å². The molecular formula is C26H33O5S-. The van der Waals surface area contributed by atoms with Crippen LogP contribution in [-0.4, -0.2) is 36.1 Å². The zero-order chi connectivity index (χ0) is 22.8. The first-order valence-electron chi connectivity index (χ1n) is 11.5. The van der Waals surface area contributed by atoms with Gasteiger partial charge in [0, 0.05) is 5.56 Å². The van der Waals surface area contributed by atoms with Crippen LogP contribution in [0.2, 0.25) is 0 Å². The molecule has 1 fully saturated rings. The summed E-state index contributed by atoms with van der Waals surface area (Å²) in [7, 11) is 0. The monoisotopic (exact) mass is 457 g/mol. The number of carboxylic acid groups (broad SMARTS) is 1. The molecule has 2 aromatic carbocycles. The molecule has 0 heterocycles. The van der Waals surface area contributed by atoms with E-state index in [0.29, 0.717) is 12.5 Å². The summed E-state index contributed by atoms with van der Waals surface area (Å²) in [5.74, 6) is 0.901. The van der Waals surface area contributed by atoms with Gasteiger partial charge in [0.1, 0.15) is 12.4 Å². The number of aliphatic hydroxyl groups is 1. The smallest absolute Gasteiger partial charge is 0.127 e. The molecule has 2 aromatic rings. The predicted octanol–water partition coefficient (Wildman–Crippen LogP) is 4.23. The Hall–Kier alpha value is -2.02. The number of ether oxygens (including phenoxy) is 2. The molecule has 0 bridgehead atoms. The SMILES string of the molecule is CCCSC(c1cccc(C2CCCC2)c1OCc1ccccc1)C(O)COCC(=O)[O-]. The summed E-state index contributed by atoms with van der Waals surface area (Å²) in [6.07, 6.45) is 4.85. The number of aliphatic hydroxyl groups excluding tert-OH is 1. The standard InChI is InChI=1S/C26H34O5S/c1-2-15-32-26(23(27)17-30-18-24(28)29)22-14-8-13-21(20-11-6-7-12-20)25(22)31-16-19-9-4-3-5-10-19/h3-5,8-10,13-14,20,23,26-27H,2,6-7,11-12,15-18H2,1H3,(H,28,29)/p-1. The van der Waals surface area contributed by atoms with Gasteiger partial charge in [0.15, 0.2) is 0 Å². The van der Waals surface area contributed by atoms with E-state index < -0.39 is 18.7 Å². The number of benzene rings is 2. The number of carbonyl (C=O) groups is 1. The van der Waals surface area contributed by atoms with Crippen LogP contribution >= 0.6 is 11.8 Å². The summed E-state index contributed by atoms with van der Waals surface area (Å²) < 4.78 is 11.6. The fourth-order valence-electron chi connectivity index (χ4n) is 4.26. The highest BCUT2D eigenvalue weighted by Gasteiger charge is 2.29. The average Bonchev–Trinajstić information content (AvgIpc) is 3.33. The second-order valence-electron chi connectivity index (χ2n) is 8.27. The Balaban J connectivity index is 1.90. The molecule has 32 heavy (non-hydrogen) atoms. The third-order valence-corrected chi connectivity index (χ3v) is 7.33. The Labute approximate surface area is 195 Å². The van der Waals surface area contributed by atoms with Crippen molar-refractivity contribution in [2.45, 2.75) is 62.9 Å². The molecule has 0 saturated heterocycles. The van der Waals surface area contributed by atoms with E-state index in [1.165, 1.54) is 18.4 Å². The van der Waals surface area contributed by atoms with Crippen LogP contribution in [0.1, 0.15) is 66.9 Å². The van der Waals surface area contributed by atoms with Crippen molar-refractivity contribution in [3.8, 4) is 5.75 Å². The van der Waals surface area contributed by atoms with E-state index in [-0.39, 0.29) is 11.9 Å². The van der Waals surface area contributed by atoms with Crippen molar-refractivity contribution >= 4 is 17.7 Å². The maximum atomic E-state index is 11.0. The van der Waals surface area contributed by atoms with Crippen LogP contribution in [0.25, 0.3) is 0 Å². The number of hydrogen-bond donors (Lipinski definition) is 1. The highest BCUT2D eigenvalue weighted by Crippen LogP contribution is 2.45. The van der Waals surface area contributed by atoms with Gasteiger partial charge in [0.25, 0.3) is 0 Å². The summed E-state index contributed by atoms with van der Waals surface area (Å²) in [6, 6.07) is 16.3. The second kappa shape index (κ2) is 12.9. The van der Waals surface area contributed by atoms with Crippen molar-refractivity contribution in [1.82, 2.24) is 0 Å². The lowest BCUT2D eigenvalue weighted by Gasteiger charge is -2.27. The van der Waals surface area contributed by atoms with E-state index in [4.69, 9.17) is 9.47 Å². The summed E-state index contributed by atoms with van der Waals surface area (Å²) in [4.78, 5) is 10.7. The molecule has 6 heteroatoms. The van der Waals surface area contributed by atoms with Gasteiger partial charge < -0.3 is 24.5 Å². The minimum Gasteiger partial charge on any atom is -0.548 e. The van der Waals surface area contributed by atoms with E-state index in [0.717, 1.165) is 41.9 Å². The Morgan fingerprint density at radius 2 is 1.91 bits per heavy atom. The number of aliphatic carboxylic acids is 1. The zero-order valence-corrected chi connectivity index (χ0v) is 19.5. The third-order valence-electron chi connectivity index (χ3n) is 5.76. The van der Waals surface area contributed by atoms with Gasteiger partial charge in [0.2, 0.25) is 0 Å². The third kappa shape index (κ3) is 6.99. The van der Waals surface area contributed by atoms with Gasteiger partial charge >= 0.3 is 0 Å². The van der Waals surface area contributed by atoms with Crippen LogP contribution in [0, 0.1) is 0 Å². The maximum Gasteiger partial charge on any atom is 0.127 e. The largest absolute Gasteiger partial charge is 0.548 e. The fraction of sp³-hybridized carbons (Fsp3) is 0.500. The molecule has 174 valence electrons. The van der Waals surface area contributed by atoms with E-state index in [1.54, 1.807) is 11.8 Å². The molecule has 0 aromatic heterocycles. The molecule has 1 aliphatic carbocycles. The summed E-state index contributed by atoms with van der Waals surface area (Å²) in [5.41, 5.74) is 3.25. The number of para-hydroxylation sites is 1. The van der Waals surface area contributed by atoms with Crippen LogP contribution in [0.4, 0.5) is 0 Å². The highest BCUT2D eigenvalue weighted by molar-refractivity contribution is 7.99. The molecule has 1 aliphatic rings. The first-order chi connectivity index (χ1) is 15.6. The van der Waals surface area contributed by atoms with Crippen molar-refractivity contribution in [3.05, 3.63) is 65.2 Å². The van der Waals surface area contributed by atoms with E-state index >= 15 is 0 Å². The van der Waals surface area contributed by atoms with Crippen molar-refractivity contribution in [2.75, 3.05) is 19.0 Å². The lowest BCUT2D eigenvalue weighted by molar-refractivity contribution is -0.309. The van der Waals surface area contributed by atoms with E-state index in [2.05, 4.69) is 13.0 Å². The summed E-state index contributed by atoms with van der Waals surface area (Å²) >= 11 is 1.66. The molecular weight excluding hydrogens is 424 g/mol. The molecule has 0 radical (unpaired) electrons. The van der Waals surface area contributed by atoms with Crippen molar-refractivity contribution < 1.29 is 24.5 Å². The van der Waals surface area contributed by atoms with Gasteiger partial charge in [-0.05, 0) is 42.1 Å². The topological polar surface area (TPSA) is 78.8 Å². The van der Waals surface area contributed by atoms with E-state index in [9.17, 15) is 15.0 Å². The minimum atomic E-state index is -1.29. The van der Waals surface area contributed by atoms with Crippen LogP contribution in [0.5, 0.6) is 5.75 Å². The first kappa shape index (κ1) is 24.6. The molecule has 1 N–H and O–H groups in total. The van der Waals surface area contributed by atoms with Crippen molar-refractivity contribution in [1.29, 1.82) is 0 Å². The summed E-state index contributed by atoms with van der Waals surface area (Å²) in [6.45, 7) is 1.97. The maximum absolute atomic E-state index is 11.0. The molecule has 0 spiro atoms. The zero-order valence-electron chi connectivity index (χ0n) is 18.7. The Morgan fingerprint density at radius 1 is 1.16 bits per heavy atom. The summed E-state index contributed by atoms with van der Waals surface area (Å²) in [5, 5.41) is 21.4. The number of hydrogen-bond acceptors (Lipinski definition) is 6. The molecule has 2 atom stereocenters. The first-order valence-corrected chi connectivity index (χ1v) is 12.5. The molecule has 3 rings (SSSR count). The van der Waals surface area contributed by atoms with Gasteiger partial charge in [-0.15, -0.1) is 0 Å². The molecule has 1 saturated carbocycles. The highest BCUT2D eigenvalue weighted by atomic mass is 32.2. The normalized spacial score (nSPS) is 16.1. The number of carbonyl (C=O) groups excluding carboxylic acids is 1. The van der Waals surface area contributed by atoms with Gasteiger partial charge in [-0.25, -0.2) is 0 Å². The van der Waals surface area contributed by atoms with Gasteiger partial charge in [0.05, 0.1) is 30.5 Å². The number of thioether (sulfide) groups is 1. The van der Waals surface area contributed by atoms with Crippen LogP contribution in [0.3, 0.4) is 0 Å². The second-order valence-corrected chi connectivity index (χ2v) is 9.52. The van der Waals surface area contributed by atoms with Gasteiger partial charge in [-0.1, -0.05) is 68.3 Å². The van der Waals surface area contributed by atoms with Gasteiger partial charge in [-0.3, -0.25) is 0 Å². The average molecular weight is 458 g/mol. The fourth-order valence-corrected chi connectivity index (χ4v) is 5.41. The van der Waals surface area contributed by atoms with Crippen LogP contribution in [-0.2, 0) is 16.1 Å². The Morgan fingerprint density at radius 3 is 2.59 bits per heavy atom. The molecule has 5 nitrogen and oxygen atoms in total. The molecule has 2 unspecified atom stereocenters. The quantitative estimate of drug-likeness (QED) is 0.485. The number of carboxylic acids is 1. The lowest BCUT2D eigenvalue weighted by Crippen LogP contribution is -2.31. The predicted molar refractivity (Wildman–Crippen MR) is 126 cm³/mol. The van der Waals surface area contributed by atoms with E-state index in [1.807, 2.05) is 42.5 Å². The van der Waals surface area contributed by atoms with Crippen molar-refractivity contribution in [3.63, 3.8) is 0 Å². The van der Waals surface area contributed by atoms with Crippen LogP contribution < -0.4 is 9.84 Å². The minimum absolute atomic E-state index is 0.0683. The number of rotatable bonds is 13.